The van der Waals surface area contributed by atoms with Gasteiger partial charge in [-0.25, -0.2) is 0 Å². The van der Waals surface area contributed by atoms with Gasteiger partial charge in [-0.2, -0.15) is 0 Å². The standard InChI is InChI=1S/C14H17ClN4O/c1-8(17-3)11-7-19(9(2)13(11)16)10-5-12(15)14(20)18(4)6-10/h5-6H,2,7,16H2,1,3-4H3. The van der Waals surface area contributed by atoms with Crippen LogP contribution in [-0.2, 0) is 7.05 Å². The smallest absolute Gasteiger partial charge is 0.269 e. The highest BCUT2D eigenvalue weighted by molar-refractivity contribution is 6.30. The number of hydrogen-bond donors (Lipinski definition) is 1. The van der Waals surface area contributed by atoms with Crippen molar-refractivity contribution in [1.29, 1.82) is 0 Å². The maximum Gasteiger partial charge on any atom is 0.269 e. The summed E-state index contributed by atoms with van der Waals surface area (Å²) in [6, 6.07) is 1.63. The molecular formula is C14H17ClN4O. The summed E-state index contributed by atoms with van der Waals surface area (Å²) in [4.78, 5) is 17.7. The topological polar surface area (TPSA) is 63.6 Å². The van der Waals surface area contributed by atoms with E-state index < -0.39 is 0 Å². The summed E-state index contributed by atoms with van der Waals surface area (Å²) in [6.07, 6.45) is 1.72. The molecule has 0 saturated carbocycles. The molecule has 1 aliphatic heterocycles. The fourth-order valence-electron chi connectivity index (χ4n) is 2.15. The SMILES string of the molecule is C=C1C(N)=C(C(C)=NC)CN1c1cc(Cl)c(=O)n(C)c1. The number of nitrogens with zero attached hydrogens (tertiary/aromatic N) is 3. The fraction of sp³-hybridized carbons (Fsp3) is 0.286. The Kier molecular flexibility index (Phi) is 3.72. The Labute approximate surface area is 122 Å². The van der Waals surface area contributed by atoms with Gasteiger partial charge in [0, 0.05) is 31.6 Å². The van der Waals surface area contributed by atoms with Gasteiger partial charge in [0.05, 0.1) is 23.6 Å². The highest BCUT2D eigenvalue weighted by atomic mass is 35.5. The lowest BCUT2D eigenvalue weighted by Crippen LogP contribution is -2.24. The molecule has 5 nitrogen and oxygen atoms in total. The quantitative estimate of drug-likeness (QED) is 0.844. The van der Waals surface area contributed by atoms with Crippen LogP contribution in [0.15, 0.2) is 45.6 Å². The van der Waals surface area contributed by atoms with Crippen molar-refractivity contribution in [2.45, 2.75) is 6.92 Å². The number of anilines is 1. The van der Waals surface area contributed by atoms with Crippen LogP contribution in [0.5, 0.6) is 0 Å². The van der Waals surface area contributed by atoms with E-state index in [0.29, 0.717) is 17.9 Å². The number of pyridine rings is 1. The predicted molar refractivity (Wildman–Crippen MR) is 83.4 cm³/mol. The Morgan fingerprint density at radius 1 is 1.55 bits per heavy atom. The second-order valence-corrected chi connectivity index (χ2v) is 5.10. The molecule has 0 atom stereocenters. The first kappa shape index (κ1) is 14.4. The van der Waals surface area contributed by atoms with Crippen molar-refractivity contribution in [1.82, 2.24) is 4.57 Å². The number of halogens is 1. The van der Waals surface area contributed by atoms with E-state index in [2.05, 4.69) is 11.6 Å². The van der Waals surface area contributed by atoms with Crippen LogP contribution in [0.1, 0.15) is 6.92 Å². The number of aliphatic imine (C=N–C) groups is 1. The monoisotopic (exact) mass is 292 g/mol. The molecule has 2 heterocycles. The van der Waals surface area contributed by atoms with Gasteiger partial charge < -0.3 is 15.2 Å². The molecule has 0 radical (unpaired) electrons. The number of aromatic nitrogens is 1. The maximum atomic E-state index is 11.6. The lowest BCUT2D eigenvalue weighted by Gasteiger charge is -2.21. The van der Waals surface area contributed by atoms with Gasteiger partial charge in [-0.3, -0.25) is 9.79 Å². The van der Waals surface area contributed by atoms with Crippen molar-refractivity contribution in [3.8, 4) is 0 Å². The maximum absolute atomic E-state index is 11.6. The third-order valence-electron chi connectivity index (χ3n) is 3.49. The minimum absolute atomic E-state index is 0.172. The van der Waals surface area contributed by atoms with Gasteiger partial charge in [0.25, 0.3) is 5.56 Å². The number of rotatable bonds is 2. The van der Waals surface area contributed by atoms with Gasteiger partial charge in [-0.05, 0) is 13.0 Å². The second kappa shape index (κ2) is 5.17. The van der Waals surface area contributed by atoms with Gasteiger partial charge in [-0.15, -0.1) is 0 Å². The zero-order chi connectivity index (χ0) is 15.0. The molecule has 0 unspecified atom stereocenters. The van der Waals surface area contributed by atoms with Crippen molar-refractivity contribution in [2.24, 2.45) is 17.8 Å². The highest BCUT2D eigenvalue weighted by Gasteiger charge is 2.26. The molecule has 0 fully saturated rings. The molecule has 1 aromatic heterocycles. The molecule has 0 bridgehead atoms. The summed E-state index contributed by atoms with van der Waals surface area (Å²) in [5, 5.41) is 0.172. The van der Waals surface area contributed by atoms with Crippen LogP contribution in [0.4, 0.5) is 5.69 Å². The number of nitrogens with two attached hydrogens (primary N) is 1. The largest absolute Gasteiger partial charge is 0.397 e. The molecule has 2 rings (SSSR count). The highest BCUT2D eigenvalue weighted by Crippen LogP contribution is 2.30. The molecule has 0 aromatic carbocycles. The van der Waals surface area contributed by atoms with Crippen molar-refractivity contribution < 1.29 is 0 Å². The summed E-state index contributed by atoms with van der Waals surface area (Å²) in [5.74, 6) is 0. The summed E-state index contributed by atoms with van der Waals surface area (Å²) in [6.45, 7) is 6.48. The van der Waals surface area contributed by atoms with E-state index >= 15 is 0 Å². The average Bonchev–Trinajstić information content (AvgIpc) is 2.71. The van der Waals surface area contributed by atoms with E-state index in [1.54, 1.807) is 26.4 Å². The van der Waals surface area contributed by atoms with E-state index in [-0.39, 0.29) is 10.6 Å². The molecule has 2 N–H and O–H groups in total. The molecule has 0 spiro atoms. The van der Waals surface area contributed by atoms with Crippen LogP contribution in [-0.4, -0.2) is 23.9 Å². The molecular weight excluding hydrogens is 276 g/mol. The fourth-order valence-corrected chi connectivity index (χ4v) is 2.40. The predicted octanol–water partition coefficient (Wildman–Crippen LogP) is 1.68. The first-order chi connectivity index (χ1) is 9.36. The van der Waals surface area contributed by atoms with Crippen molar-refractivity contribution >= 4 is 23.0 Å². The molecule has 106 valence electrons. The van der Waals surface area contributed by atoms with Crippen LogP contribution in [0.25, 0.3) is 0 Å². The van der Waals surface area contributed by atoms with Crippen LogP contribution >= 0.6 is 11.6 Å². The molecule has 6 heteroatoms. The molecule has 0 amide bonds. The summed E-state index contributed by atoms with van der Waals surface area (Å²) < 4.78 is 1.44. The van der Waals surface area contributed by atoms with Gasteiger partial charge in [-0.1, -0.05) is 18.2 Å². The van der Waals surface area contributed by atoms with Crippen LogP contribution in [0.2, 0.25) is 5.02 Å². The lowest BCUT2D eigenvalue weighted by molar-refractivity contribution is 0.852. The Hall–Kier alpha value is -2.01. The third-order valence-corrected chi connectivity index (χ3v) is 3.76. The van der Waals surface area contributed by atoms with Crippen LogP contribution < -0.4 is 16.2 Å². The normalized spacial score (nSPS) is 16.3. The molecule has 0 saturated heterocycles. The van der Waals surface area contributed by atoms with E-state index in [0.717, 1.165) is 17.0 Å². The Balaban J connectivity index is 2.44. The summed E-state index contributed by atoms with van der Waals surface area (Å²) >= 11 is 5.95. The van der Waals surface area contributed by atoms with Gasteiger partial charge >= 0.3 is 0 Å². The first-order valence-corrected chi connectivity index (χ1v) is 6.50. The molecule has 1 aromatic rings. The Bertz CT molecular complexity index is 673. The van der Waals surface area contributed by atoms with Crippen molar-refractivity contribution in [3.63, 3.8) is 0 Å². The van der Waals surface area contributed by atoms with Crippen LogP contribution in [0.3, 0.4) is 0 Å². The first-order valence-electron chi connectivity index (χ1n) is 6.12. The lowest BCUT2D eigenvalue weighted by atomic mass is 10.1. The average molecular weight is 293 g/mol. The number of hydrogen-bond acceptors (Lipinski definition) is 4. The third kappa shape index (κ3) is 2.25. The Morgan fingerprint density at radius 3 is 2.75 bits per heavy atom. The van der Waals surface area contributed by atoms with E-state index in [9.17, 15) is 4.79 Å². The molecule has 20 heavy (non-hydrogen) atoms. The van der Waals surface area contributed by atoms with Gasteiger partial charge in [0.2, 0.25) is 0 Å². The summed E-state index contributed by atoms with van der Waals surface area (Å²) in [7, 11) is 3.39. The molecule has 1 aliphatic rings. The van der Waals surface area contributed by atoms with Crippen LogP contribution in [0, 0.1) is 0 Å². The van der Waals surface area contributed by atoms with Crippen molar-refractivity contribution in [3.05, 3.63) is 51.2 Å². The number of aryl methyl sites for hydroxylation is 1. The van der Waals surface area contributed by atoms with Gasteiger partial charge in [0.15, 0.2) is 0 Å². The van der Waals surface area contributed by atoms with E-state index in [1.807, 2.05) is 11.8 Å². The Morgan fingerprint density at radius 2 is 2.20 bits per heavy atom. The summed E-state index contributed by atoms with van der Waals surface area (Å²) in [5.41, 5.74) is 9.78. The minimum atomic E-state index is -0.229. The second-order valence-electron chi connectivity index (χ2n) is 4.70. The zero-order valence-corrected chi connectivity index (χ0v) is 12.5. The minimum Gasteiger partial charge on any atom is -0.397 e. The van der Waals surface area contributed by atoms with E-state index in [4.69, 9.17) is 17.3 Å². The van der Waals surface area contributed by atoms with E-state index in [1.165, 1.54) is 4.57 Å². The molecule has 0 aliphatic carbocycles. The zero-order valence-electron chi connectivity index (χ0n) is 11.8. The van der Waals surface area contributed by atoms with Crippen molar-refractivity contribution in [2.75, 3.05) is 18.5 Å². The van der Waals surface area contributed by atoms with Gasteiger partial charge in [0.1, 0.15) is 5.02 Å².